The zero-order valence-corrected chi connectivity index (χ0v) is 11.9. The zero-order valence-electron chi connectivity index (χ0n) is 11.9. The fourth-order valence-electron chi connectivity index (χ4n) is 1.68. The second kappa shape index (κ2) is 5.00. The molecule has 3 heteroatoms. The lowest BCUT2D eigenvalue weighted by Crippen LogP contribution is -2.41. The molecule has 0 aliphatic carbocycles. The largest absolute Gasteiger partial charge is 0.348 e. The Balaban J connectivity index is 2.22. The molecule has 0 aliphatic heterocycles. The first-order chi connectivity index (χ1) is 8.88. The van der Waals surface area contributed by atoms with Gasteiger partial charge in [-0.3, -0.25) is 4.79 Å². The number of aromatic nitrogens is 1. The summed E-state index contributed by atoms with van der Waals surface area (Å²) >= 11 is 0. The predicted molar refractivity (Wildman–Crippen MR) is 78.1 cm³/mol. The molecule has 3 nitrogen and oxygen atoms in total. The highest BCUT2D eigenvalue weighted by Gasteiger charge is 2.22. The maximum Gasteiger partial charge on any atom is 0.270 e. The molecular weight excluding hydrogens is 236 g/mol. The van der Waals surface area contributed by atoms with Crippen molar-refractivity contribution in [3.63, 3.8) is 0 Å². The van der Waals surface area contributed by atoms with Crippen LogP contribution in [-0.2, 0) is 0 Å². The lowest BCUT2D eigenvalue weighted by Gasteiger charge is -2.27. The summed E-state index contributed by atoms with van der Waals surface area (Å²) < 4.78 is 0. The van der Waals surface area contributed by atoms with Crippen LogP contribution >= 0.6 is 0 Å². The van der Waals surface area contributed by atoms with Crippen molar-refractivity contribution in [3.05, 3.63) is 42.1 Å². The molecule has 1 aromatic heterocycles. The number of hydrogen-bond acceptors (Lipinski definition) is 2. The highest BCUT2D eigenvalue weighted by atomic mass is 16.1. The van der Waals surface area contributed by atoms with Crippen LogP contribution in [0.5, 0.6) is 0 Å². The van der Waals surface area contributed by atoms with Crippen molar-refractivity contribution in [1.82, 2.24) is 10.3 Å². The molecule has 1 amide bonds. The number of nitrogens with zero attached hydrogens (tertiary/aromatic N) is 1. The van der Waals surface area contributed by atoms with Gasteiger partial charge in [0.05, 0.1) is 5.52 Å². The molecular formula is C16H20N2O. The highest BCUT2D eigenvalue weighted by molar-refractivity contribution is 5.95. The SMILES string of the molecule is CC(NC(=O)c1ccc2ccccc2n1)C(C)(C)C. The Bertz CT molecular complexity index is 599. The van der Waals surface area contributed by atoms with E-state index in [9.17, 15) is 4.79 Å². The molecule has 1 heterocycles. The van der Waals surface area contributed by atoms with E-state index in [2.05, 4.69) is 31.1 Å². The van der Waals surface area contributed by atoms with E-state index >= 15 is 0 Å². The van der Waals surface area contributed by atoms with Crippen molar-refractivity contribution in [2.75, 3.05) is 0 Å². The van der Waals surface area contributed by atoms with Gasteiger partial charge in [0.2, 0.25) is 0 Å². The van der Waals surface area contributed by atoms with E-state index in [-0.39, 0.29) is 17.4 Å². The van der Waals surface area contributed by atoms with Crippen LogP contribution in [0.2, 0.25) is 0 Å². The second-order valence-corrected chi connectivity index (χ2v) is 5.95. The number of para-hydroxylation sites is 1. The molecule has 19 heavy (non-hydrogen) atoms. The summed E-state index contributed by atoms with van der Waals surface area (Å²) in [5, 5.41) is 4.04. The maximum atomic E-state index is 12.2. The molecule has 1 atom stereocenters. The molecule has 1 aromatic carbocycles. The van der Waals surface area contributed by atoms with Gasteiger partial charge in [0.25, 0.3) is 5.91 Å². The van der Waals surface area contributed by atoms with E-state index in [0.717, 1.165) is 10.9 Å². The third-order valence-corrected chi connectivity index (χ3v) is 3.48. The first-order valence-corrected chi connectivity index (χ1v) is 6.54. The fourth-order valence-corrected chi connectivity index (χ4v) is 1.68. The highest BCUT2D eigenvalue weighted by Crippen LogP contribution is 2.19. The lowest BCUT2D eigenvalue weighted by molar-refractivity contribution is 0.0905. The minimum absolute atomic E-state index is 0.0342. The van der Waals surface area contributed by atoms with Gasteiger partial charge < -0.3 is 5.32 Å². The van der Waals surface area contributed by atoms with Crippen LogP contribution in [0.15, 0.2) is 36.4 Å². The summed E-state index contributed by atoms with van der Waals surface area (Å²) in [7, 11) is 0. The fraction of sp³-hybridized carbons (Fsp3) is 0.375. The van der Waals surface area contributed by atoms with Gasteiger partial charge in [0.1, 0.15) is 5.69 Å². The molecule has 0 bridgehead atoms. The van der Waals surface area contributed by atoms with Gasteiger partial charge in [0, 0.05) is 11.4 Å². The van der Waals surface area contributed by atoms with Crippen LogP contribution in [-0.4, -0.2) is 16.9 Å². The van der Waals surface area contributed by atoms with Crippen molar-refractivity contribution in [2.45, 2.75) is 33.7 Å². The smallest absolute Gasteiger partial charge is 0.270 e. The molecule has 0 spiro atoms. The van der Waals surface area contributed by atoms with Crippen molar-refractivity contribution < 1.29 is 4.79 Å². The van der Waals surface area contributed by atoms with E-state index in [1.165, 1.54) is 0 Å². The van der Waals surface area contributed by atoms with Crippen molar-refractivity contribution in [3.8, 4) is 0 Å². The van der Waals surface area contributed by atoms with Crippen LogP contribution in [0.1, 0.15) is 38.2 Å². The standard InChI is InChI=1S/C16H20N2O/c1-11(16(2,3)4)17-15(19)14-10-9-12-7-5-6-8-13(12)18-14/h5-11H,1-4H3,(H,17,19). The van der Waals surface area contributed by atoms with Crippen LogP contribution in [0.3, 0.4) is 0 Å². The Labute approximate surface area is 114 Å². The number of hydrogen-bond donors (Lipinski definition) is 1. The summed E-state index contributed by atoms with van der Waals surface area (Å²) in [5.74, 6) is -0.117. The van der Waals surface area contributed by atoms with Crippen molar-refractivity contribution >= 4 is 16.8 Å². The van der Waals surface area contributed by atoms with Crippen LogP contribution < -0.4 is 5.32 Å². The Kier molecular flexibility index (Phi) is 3.56. The number of benzene rings is 1. The average molecular weight is 256 g/mol. The minimum atomic E-state index is -0.117. The third-order valence-electron chi connectivity index (χ3n) is 3.48. The normalized spacial score (nSPS) is 13.3. The number of carbonyl (C=O) groups excluding carboxylic acids is 1. The molecule has 0 fully saturated rings. The summed E-state index contributed by atoms with van der Waals surface area (Å²) in [6.07, 6.45) is 0. The van der Waals surface area contributed by atoms with E-state index in [4.69, 9.17) is 0 Å². The molecule has 0 saturated carbocycles. The van der Waals surface area contributed by atoms with Gasteiger partial charge in [-0.15, -0.1) is 0 Å². The Morgan fingerprint density at radius 2 is 1.84 bits per heavy atom. The summed E-state index contributed by atoms with van der Waals surface area (Å²) in [5.41, 5.74) is 1.35. The van der Waals surface area contributed by atoms with E-state index in [0.29, 0.717) is 5.69 Å². The molecule has 2 aromatic rings. The Morgan fingerprint density at radius 3 is 2.53 bits per heavy atom. The first-order valence-electron chi connectivity index (χ1n) is 6.54. The number of fused-ring (bicyclic) bond motifs is 1. The summed E-state index contributed by atoms with van der Waals surface area (Å²) in [4.78, 5) is 16.6. The van der Waals surface area contributed by atoms with E-state index in [1.807, 2.05) is 37.3 Å². The van der Waals surface area contributed by atoms with Gasteiger partial charge in [-0.2, -0.15) is 0 Å². The topological polar surface area (TPSA) is 42.0 Å². The third kappa shape index (κ3) is 3.11. The van der Waals surface area contributed by atoms with Crippen molar-refractivity contribution in [1.29, 1.82) is 0 Å². The number of rotatable bonds is 2. The number of amides is 1. The van der Waals surface area contributed by atoms with Gasteiger partial charge >= 0.3 is 0 Å². The van der Waals surface area contributed by atoms with Gasteiger partial charge in [-0.25, -0.2) is 4.98 Å². The van der Waals surface area contributed by atoms with E-state index < -0.39 is 0 Å². The molecule has 0 radical (unpaired) electrons. The average Bonchev–Trinajstić information content (AvgIpc) is 2.37. The van der Waals surface area contributed by atoms with Gasteiger partial charge in [-0.05, 0) is 24.5 Å². The summed E-state index contributed by atoms with van der Waals surface area (Å²) in [6, 6.07) is 11.6. The lowest BCUT2D eigenvalue weighted by atomic mass is 9.88. The summed E-state index contributed by atoms with van der Waals surface area (Å²) in [6.45, 7) is 8.32. The molecule has 0 saturated heterocycles. The first kappa shape index (κ1) is 13.5. The van der Waals surface area contributed by atoms with Gasteiger partial charge in [0.15, 0.2) is 0 Å². The minimum Gasteiger partial charge on any atom is -0.348 e. The molecule has 0 aliphatic rings. The Morgan fingerprint density at radius 1 is 1.16 bits per heavy atom. The molecule has 1 unspecified atom stereocenters. The van der Waals surface area contributed by atoms with Crippen LogP contribution in [0, 0.1) is 5.41 Å². The quantitative estimate of drug-likeness (QED) is 0.894. The van der Waals surface area contributed by atoms with Crippen LogP contribution in [0.4, 0.5) is 0 Å². The molecule has 2 rings (SSSR count). The molecule has 1 N–H and O–H groups in total. The number of carbonyl (C=O) groups is 1. The zero-order chi connectivity index (χ0) is 14.0. The second-order valence-electron chi connectivity index (χ2n) is 5.95. The Hall–Kier alpha value is -1.90. The van der Waals surface area contributed by atoms with Gasteiger partial charge in [-0.1, -0.05) is 45.0 Å². The number of pyridine rings is 1. The monoisotopic (exact) mass is 256 g/mol. The maximum absolute atomic E-state index is 12.2. The van der Waals surface area contributed by atoms with Crippen LogP contribution in [0.25, 0.3) is 10.9 Å². The van der Waals surface area contributed by atoms with Crippen molar-refractivity contribution in [2.24, 2.45) is 5.41 Å². The predicted octanol–water partition coefficient (Wildman–Crippen LogP) is 3.40. The number of nitrogens with one attached hydrogen (secondary N) is 1. The van der Waals surface area contributed by atoms with E-state index in [1.54, 1.807) is 6.07 Å². The molecule has 100 valence electrons.